The van der Waals surface area contributed by atoms with Crippen LogP contribution in [-0.2, 0) is 0 Å². The number of hydrogen-bond acceptors (Lipinski definition) is 6. The fraction of sp³-hybridized carbons (Fsp3) is 0.158. The molecule has 0 saturated heterocycles. The molecule has 4 rings (SSSR count). The van der Waals surface area contributed by atoms with Gasteiger partial charge in [-0.05, 0) is 36.4 Å². The van der Waals surface area contributed by atoms with Gasteiger partial charge in [-0.3, -0.25) is 9.97 Å². The Hall–Kier alpha value is -1.87. The van der Waals surface area contributed by atoms with E-state index in [0.717, 1.165) is 31.0 Å². The molecule has 0 aliphatic carbocycles. The van der Waals surface area contributed by atoms with Gasteiger partial charge in [-0.25, -0.2) is 15.4 Å². The van der Waals surface area contributed by atoms with E-state index in [0.29, 0.717) is 11.0 Å². The van der Waals surface area contributed by atoms with E-state index in [-0.39, 0.29) is 0 Å². The lowest BCUT2D eigenvalue weighted by molar-refractivity contribution is 0.964. The lowest BCUT2D eigenvalue weighted by Crippen LogP contribution is -2.16. The average Bonchev–Trinajstić information content (AvgIpc) is 2.69. The highest BCUT2D eigenvalue weighted by molar-refractivity contribution is 9.10. The number of rotatable bonds is 2. The Morgan fingerprint density at radius 3 is 1.89 bits per heavy atom. The Bertz CT molecular complexity index is 1020. The highest BCUT2D eigenvalue weighted by atomic mass is 79.9. The molecule has 0 fully saturated rings. The van der Waals surface area contributed by atoms with E-state index in [1.807, 2.05) is 50.2 Å². The van der Waals surface area contributed by atoms with E-state index in [1.54, 1.807) is 13.2 Å². The summed E-state index contributed by atoms with van der Waals surface area (Å²) in [5, 5.41) is 0.417. The molecule has 2 heterocycles. The number of benzene rings is 2. The number of fused-ring (bicyclic) bond motifs is 2. The van der Waals surface area contributed by atoms with Gasteiger partial charge < -0.3 is 5.43 Å². The summed E-state index contributed by atoms with van der Waals surface area (Å²) in [7, 11) is 1.78. The molecule has 0 saturated carbocycles. The lowest BCUT2D eigenvalue weighted by atomic mass is 10.3. The average molecular weight is 527 g/mol. The molecule has 2 N–H and O–H groups in total. The van der Waals surface area contributed by atoms with E-state index in [1.165, 1.54) is 6.20 Å². The normalized spacial score (nSPS) is 9.93. The van der Waals surface area contributed by atoms with Crippen molar-refractivity contribution in [2.45, 2.75) is 13.8 Å². The molecule has 0 bridgehead atoms. The second-order valence-electron chi connectivity index (χ2n) is 5.09. The minimum absolute atomic E-state index is 0.417. The summed E-state index contributed by atoms with van der Waals surface area (Å²) in [4.78, 5) is 16.8. The van der Waals surface area contributed by atoms with Crippen molar-refractivity contribution in [3.8, 4) is 0 Å². The standard InChI is InChI=1S/C9H9BrN4.C8H4BrClN2.C2H6/c1-11-14-9-5-12-7-3-2-6(10)4-8(7)13-9;9-5-1-2-6-7(3-5)12-8(10)4-11-6;1-2/h2-5,11H,1H3,(H,13,14);1-4H;1-2H3. The van der Waals surface area contributed by atoms with Gasteiger partial charge in [0.25, 0.3) is 0 Å². The smallest absolute Gasteiger partial charge is 0.159 e. The van der Waals surface area contributed by atoms with E-state index in [2.05, 4.69) is 62.6 Å². The van der Waals surface area contributed by atoms with E-state index >= 15 is 0 Å². The van der Waals surface area contributed by atoms with Crippen molar-refractivity contribution >= 4 is 71.3 Å². The number of hydrazine groups is 1. The van der Waals surface area contributed by atoms with Gasteiger partial charge in [-0.2, -0.15) is 0 Å². The molecule has 28 heavy (non-hydrogen) atoms. The predicted octanol–water partition coefficient (Wildman–Crippen LogP) is 6.01. The van der Waals surface area contributed by atoms with Gasteiger partial charge in [-0.15, -0.1) is 0 Å². The highest BCUT2D eigenvalue weighted by Gasteiger charge is 1.99. The van der Waals surface area contributed by atoms with Crippen LogP contribution in [-0.4, -0.2) is 27.0 Å². The molecule has 4 aromatic rings. The minimum atomic E-state index is 0.417. The summed E-state index contributed by atoms with van der Waals surface area (Å²) >= 11 is 12.4. The third-order valence-corrected chi connectivity index (χ3v) is 4.40. The van der Waals surface area contributed by atoms with Gasteiger partial charge >= 0.3 is 0 Å². The van der Waals surface area contributed by atoms with Crippen molar-refractivity contribution in [1.29, 1.82) is 0 Å². The van der Waals surface area contributed by atoms with Crippen molar-refractivity contribution < 1.29 is 0 Å². The first-order chi connectivity index (χ1) is 13.5. The van der Waals surface area contributed by atoms with E-state index < -0.39 is 0 Å². The zero-order chi connectivity index (χ0) is 20.5. The molecule has 6 nitrogen and oxygen atoms in total. The number of anilines is 1. The molecular formula is C19H19Br2ClN6. The van der Waals surface area contributed by atoms with Crippen molar-refractivity contribution in [2.24, 2.45) is 0 Å². The second-order valence-corrected chi connectivity index (χ2v) is 7.31. The van der Waals surface area contributed by atoms with Crippen LogP contribution in [0.1, 0.15) is 13.8 Å². The summed E-state index contributed by atoms with van der Waals surface area (Å²) < 4.78 is 1.98. The maximum absolute atomic E-state index is 5.68. The molecule has 146 valence electrons. The van der Waals surface area contributed by atoms with Crippen LogP contribution in [0.2, 0.25) is 5.15 Å². The number of aromatic nitrogens is 4. The van der Waals surface area contributed by atoms with Crippen LogP contribution in [0.15, 0.2) is 57.7 Å². The third kappa shape index (κ3) is 6.34. The quantitative estimate of drug-likeness (QED) is 0.312. The number of hydrogen-bond donors (Lipinski definition) is 2. The van der Waals surface area contributed by atoms with Crippen LogP contribution in [0.5, 0.6) is 0 Å². The molecule has 9 heteroatoms. The summed E-state index contributed by atoms with van der Waals surface area (Å²) in [5.41, 5.74) is 9.08. The fourth-order valence-corrected chi connectivity index (χ4v) is 2.97. The van der Waals surface area contributed by atoms with Crippen LogP contribution in [0, 0.1) is 0 Å². The minimum Gasteiger partial charge on any atom is -0.305 e. The zero-order valence-corrected chi connectivity index (χ0v) is 19.5. The van der Waals surface area contributed by atoms with Crippen LogP contribution < -0.4 is 10.9 Å². The van der Waals surface area contributed by atoms with Crippen molar-refractivity contribution in [3.05, 3.63) is 62.9 Å². The molecule has 0 spiro atoms. The van der Waals surface area contributed by atoms with Crippen LogP contribution >= 0.6 is 43.5 Å². The first-order valence-corrected chi connectivity index (χ1v) is 10.4. The maximum Gasteiger partial charge on any atom is 0.159 e. The molecular weight excluding hydrogens is 508 g/mol. The maximum atomic E-state index is 5.68. The Kier molecular flexibility index (Phi) is 8.98. The predicted molar refractivity (Wildman–Crippen MR) is 124 cm³/mol. The lowest BCUT2D eigenvalue weighted by Gasteiger charge is -2.03. The number of nitrogens with zero attached hydrogens (tertiary/aromatic N) is 4. The SMILES string of the molecule is CC.CNNc1cnc2ccc(Br)cc2n1.Clc1cnc2ccc(Br)cc2n1. The van der Waals surface area contributed by atoms with Crippen molar-refractivity contribution in [1.82, 2.24) is 25.4 Å². The van der Waals surface area contributed by atoms with E-state index in [9.17, 15) is 0 Å². The number of halogens is 3. The van der Waals surface area contributed by atoms with Gasteiger partial charge in [-0.1, -0.05) is 57.3 Å². The monoisotopic (exact) mass is 524 g/mol. The molecule has 0 aliphatic rings. The molecule has 2 aromatic carbocycles. The van der Waals surface area contributed by atoms with Crippen LogP contribution in [0.4, 0.5) is 5.82 Å². The summed E-state index contributed by atoms with van der Waals surface area (Å²) in [6, 6.07) is 11.5. The summed E-state index contributed by atoms with van der Waals surface area (Å²) in [6.07, 6.45) is 3.23. The first kappa shape index (κ1) is 22.4. The number of nitrogens with one attached hydrogen (secondary N) is 2. The van der Waals surface area contributed by atoms with Crippen LogP contribution in [0.3, 0.4) is 0 Å². The van der Waals surface area contributed by atoms with E-state index in [4.69, 9.17) is 11.6 Å². The van der Waals surface area contributed by atoms with Gasteiger partial charge in [0, 0.05) is 16.0 Å². The fourth-order valence-electron chi connectivity index (χ4n) is 2.13. The second kappa shape index (κ2) is 11.2. The molecule has 0 unspecified atom stereocenters. The molecule has 0 amide bonds. The Morgan fingerprint density at radius 2 is 1.32 bits per heavy atom. The van der Waals surface area contributed by atoms with Crippen molar-refractivity contribution in [3.63, 3.8) is 0 Å². The zero-order valence-electron chi connectivity index (χ0n) is 15.5. The third-order valence-electron chi connectivity index (χ3n) is 3.23. The molecule has 0 atom stereocenters. The van der Waals surface area contributed by atoms with Crippen LogP contribution in [0.25, 0.3) is 22.1 Å². The van der Waals surface area contributed by atoms with Gasteiger partial charge in [0.2, 0.25) is 0 Å². The molecule has 2 aromatic heterocycles. The van der Waals surface area contributed by atoms with Gasteiger partial charge in [0.1, 0.15) is 5.15 Å². The van der Waals surface area contributed by atoms with Gasteiger partial charge in [0.15, 0.2) is 5.82 Å². The highest BCUT2D eigenvalue weighted by Crippen LogP contribution is 2.18. The van der Waals surface area contributed by atoms with Crippen molar-refractivity contribution in [2.75, 3.05) is 12.5 Å². The van der Waals surface area contributed by atoms with Gasteiger partial charge in [0.05, 0.1) is 34.5 Å². The topological polar surface area (TPSA) is 75.6 Å². The Labute approximate surface area is 185 Å². The molecule has 0 radical (unpaired) electrons. The Morgan fingerprint density at radius 1 is 0.786 bits per heavy atom. The Balaban J connectivity index is 0.000000186. The first-order valence-electron chi connectivity index (χ1n) is 8.48. The largest absolute Gasteiger partial charge is 0.305 e. The summed E-state index contributed by atoms with van der Waals surface area (Å²) in [5.74, 6) is 0.707. The summed E-state index contributed by atoms with van der Waals surface area (Å²) in [6.45, 7) is 4.00. The molecule has 0 aliphatic heterocycles.